The van der Waals surface area contributed by atoms with Crippen LogP contribution >= 0.6 is 0 Å². The molecule has 72 valence electrons. The molecule has 2 rings (SSSR count). The highest BCUT2D eigenvalue weighted by Gasteiger charge is 2.26. The summed E-state index contributed by atoms with van der Waals surface area (Å²) in [6, 6.07) is 5.47. The van der Waals surface area contributed by atoms with Crippen LogP contribution in [0.4, 0.5) is 0 Å². The average molecular weight is 190 g/mol. The number of aldehydes is 1. The van der Waals surface area contributed by atoms with Crippen molar-refractivity contribution in [3.05, 3.63) is 34.9 Å². The van der Waals surface area contributed by atoms with Gasteiger partial charge in [-0.3, -0.25) is 4.79 Å². The van der Waals surface area contributed by atoms with Crippen molar-refractivity contribution in [1.29, 1.82) is 0 Å². The summed E-state index contributed by atoms with van der Waals surface area (Å²) in [4.78, 5) is 22.0. The van der Waals surface area contributed by atoms with Crippen LogP contribution in [0.3, 0.4) is 0 Å². The van der Waals surface area contributed by atoms with Gasteiger partial charge in [0.15, 0.2) is 12.4 Å². The third-order valence-electron chi connectivity index (χ3n) is 2.45. The lowest BCUT2D eigenvalue weighted by atomic mass is 9.95. The summed E-state index contributed by atoms with van der Waals surface area (Å²) in [5, 5.41) is 0. The number of esters is 1. The van der Waals surface area contributed by atoms with E-state index in [1.807, 2.05) is 19.1 Å². The molecule has 0 saturated heterocycles. The largest absolute Gasteiger partial charge is 0.451 e. The van der Waals surface area contributed by atoms with Gasteiger partial charge in [-0.1, -0.05) is 12.1 Å². The maximum atomic E-state index is 11.4. The van der Waals surface area contributed by atoms with Crippen molar-refractivity contribution >= 4 is 12.3 Å². The van der Waals surface area contributed by atoms with Gasteiger partial charge in [0.2, 0.25) is 0 Å². The molecule has 1 aromatic rings. The Bertz CT molecular complexity index is 396. The first-order valence-corrected chi connectivity index (χ1v) is 4.47. The number of cyclic esters (lactones) is 1. The van der Waals surface area contributed by atoms with Crippen LogP contribution < -0.4 is 0 Å². The third kappa shape index (κ3) is 1.31. The molecule has 1 atom stereocenters. The van der Waals surface area contributed by atoms with Gasteiger partial charge >= 0.3 is 5.97 Å². The Hall–Kier alpha value is -1.64. The zero-order chi connectivity index (χ0) is 10.1. The van der Waals surface area contributed by atoms with Gasteiger partial charge in [-0.15, -0.1) is 0 Å². The second-order valence-electron chi connectivity index (χ2n) is 3.38. The summed E-state index contributed by atoms with van der Waals surface area (Å²) in [5.74, 6) is -0.396. The smallest absolute Gasteiger partial charge is 0.339 e. The zero-order valence-corrected chi connectivity index (χ0v) is 7.82. The summed E-state index contributed by atoms with van der Waals surface area (Å²) >= 11 is 0. The molecule has 0 N–H and O–H groups in total. The number of hydrogen-bond acceptors (Lipinski definition) is 3. The highest BCUT2D eigenvalue weighted by molar-refractivity contribution is 5.94. The monoisotopic (exact) mass is 190 g/mol. The fraction of sp³-hybridized carbons (Fsp3) is 0.273. The predicted octanol–water partition coefficient (Wildman–Crippen LogP) is 1.28. The van der Waals surface area contributed by atoms with Crippen molar-refractivity contribution in [3.63, 3.8) is 0 Å². The standard InChI is InChI=1S/C11H10O3/c1-7-3-2-4-9-10(7)5-8(6-12)14-11(9)13/h2-4,6,8H,5H2,1H3. The summed E-state index contributed by atoms with van der Waals surface area (Å²) in [6.07, 6.45) is 0.556. The van der Waals surface area contributed by atoms with Crippen LogP contribution in [-0.4, -0.2) is 18.4 Å². The number of hydrogen-bond donors (Lipinski definition) is 0. The van der Waals surface area contributed by atoms with E-state index in [1.54, 1.807) is 6.07 Å². The molecule has 3 nitrogen and oxygen atoms in total. The molecule has 0 spiro atoms. The highest BCUT2D eigenvalue weighted by atomic mass is 16.5. The summed E-state index contributed by atoms with van der Waals surface area (Å²) in [7, 11) is 0. The van der Waals surface area contributed by atoms with Gasteiger partial charge in [-0.2, -0.15) is 0 Å². The van der Waals surface area contributed by atoms with E-state index in [9.17, 15) is 9.59 Å². The van der Waals surface area contributed by atoms with Crippen LogP contribution in [0.1, 0.15) is 21.5 Å². The lowest BCUT2D eigenvalue weighted by Gasteiger charge is -2.21. The van der Waals surface area contributed by atoms with Gasteiger partial charge in [0, 0.05) is 6.42 Å². The third-order valence-corrected chi connectivity index (χ3v) is 2.45. The van der Waals surface area contributed by atoms with E-state index in [-0.39, 0.29) is 0 Å². The van der Waals surface area contributed by atoms with E-state index in [0.717, 1.165) is 11.1 Å². The summed E-state index contributed by atoms with van der Waals surface area (Å²) in [5.41, 5.74) is 2.55. The minimum absolute atomic E-state index is 0.396. The Morgan fingerprint density at radius 3 is 3.00 bits per heavy atom. The number of benzene rings is 1. The van der Waals surface area contributed by atoms with Crippen molar-refractivity contribution in [2.75, 3.05) is 0 Å². The van der Waals surface area contributed by atoms with Crippen molar-refractivity contribution in [3.8, 4) is 0 Å². The van der Waals surface area contributed by atoms with E-state index in [0.29, 0.717) is 18.3 Å². The molecule has 0 amide bonds. The Morgan fingerprint density at radius 1 is 1.50 bits per heavy atom. The Kier molecular flexibility index (Phi) is 2.08. The van der Waals surface area contributed by atoms with Gasteiger partial charge in [0.05, 0.1) is 5.56 Å². The SMILES string of the molecule is Cc1cccc2c1CC(C=O)OC2=O. The fourth-order valence-corrected chi connectivity index (χ4v) is 1.68. The molecule has 1 aliphatic rings. The fourth-order valence-electron chi connectivity index (χ4n) is 1.68. The van der Waals surface area contributed by atoms with Crippen molar-refractivity contribution < 1.29 is 14.3 Å². The van der Waals surface area contributed by atoms with Crippen LogP contribution in [0.2, 0.25) is 0 Å². The van der Waals surface area contributed by atoms with Gasteiger partial charge in [-0.25, -0.2) is 4.79 Å². The van der Waals surface area contributed by atoms with Crippen LogP contribution in [0.15, 0.2) is 18.2 Å². The number of carbonyl (C=O) groups is 2. The van der Waals surface area contributed by atoms with Crippen molar-refractivity contribution in [1.82, 2.24) is 0 Å². The molecule has 0 fully saturated rings. The van der Waals surface area contributed by atoms with Crippen molar-refractivity contribution in [2.24, 2.45) is 0 Å². The van der Waals surface area contributed by atoms with Gasteiger partial charge < -0.3 is 4.74 Å². The number of aryl methyl sites for hydroxylation is 1. The van der Waals surface area contributed by atoms with Crippen LogP contribution in [0.25, 0.3) is 0 Å². The van der Waals surface area contributed by atoms with Gasteiger partial charge in [0.25, 0.3) is 0 Å². The molecular formula is C11H10O3. The van der Waals surface area contributed by atoms with E-state index >= 15 is 0 Å². The summed E-state index contributed by atoms with van der Waals surface area (Å²) < 4.78 is 4.91. The number of rotatable bonds is 1. The van der Waals surface area contributed by atoms with Gasteiger partial charge in [0.1, 0.15) is 0 Å². The first kappa shape index (κ1) is 8.94. The van der Waals surface area contributed by atoms with Crippen LogP contribution in [-0.2, 0) is 16.0 Å². The molecule has 1 aromatic carbocycles. The average Bonchev–Trinajstić information content (AvgIpc) is 2.19. The van der Waals surface area contributed by atoms with E-state index in [2.05, 4.69) is 0 Å². The molecule has 14 heavy (non-hydrogen) atoms. The topological polar surface area (TPSA) is 43.4 Å². The van der Waals surface area contributed by atoms with Crippen LogP contribution in [0.5, 0.6) is 0 Å². The molecule has 1 aliphatic heterocycles. The van der Waals surface area contributed by atoms with Crippen molar-refractivity contribution in [2.45, 2.75) is 19.4 Å². The molecule has 1 unspecified atom stereocenters. The second kappa shape index (κ2) is 3.25. The first-order chi connectivity index (χ1) is 6.72. The molecule has 0 aromatic heterocycles. The van der Waals surface area contributed by atoms with E-state index in [4.69, 9.17) is 4.74 Å². The number of fused-ring (bicyclic) bond motifs is 1. The molecule has 1 heterocycles. The van der Waals surface area contributed by atoms with E-state index < -0.39 is 12.1 Å². The normalized spacial score (nSPS) is 19.8. The first-order valence-electron chi connectivity index (χ1n) is 4.47. The minimum atomic E-state index is -0.615. The van der Waals surface area contributed by atoms with Crippen LogP contribution in [0, 0.1) is 6.92 Å². The molecule has 0 saturated carbocycles. The second-order valence-corrected chi connectivity index (χ2v) is 3.38. The minimum Gasteiger partial charge on any atom is -0.451 e. The Balaban J connectivity index is 2.50. The Morgan fingerprint density at radius 2 is 2.29 bits per heavy atom. The molecular weight excluding hydrogens is 180 g/mol. The molecule has 3 heteroatoms. The molecule has 0 bridgehead atoms. The highest BCUT2D eigenvalue weighted by Crippen LogP contribution is 2.22. The molecule has 0 aliphatic carbocycles. The summed E-state index contributed by atoms with van der Waals surface area (Å²) in [6.45, 7) is 1.93. The molecule has 0 radical (unpaired) electrons. The Labute approximate surface area is 81.7 Å². The lowest BCUT2D eigenvalue weighted by Crippen LogP contribution is -2.29. The van der Waals surface area contributed by atoms with Gasteiger partial charge in [-0.05, 0) is 24.1 Å². The maximum absolute atomic E-state index is 11.4. The zero-order valence-electron chi connectivity index (χ0n) is 7.82. The predicted molar refractivity (Wildman–Crippen MR) is 50.2 cm³/mol. The number of ether oxygens (including phenoxy) is 1. The quantitative estimate of drug-likeness (QED) is 0.495. The number of carbonyl (C=O) groups excluding carboxylic acids is 2. The maximum Gasteiger partial charge on any atom is 0.339 e. The van der Waals surface area contributed by atoms with E-state index in [1.165, 1.54) is 0 Å². The lowest BCUT2D eigenvalue weighted by molar-refractivity contribution is -0.115.